The molecule has 0 radical (unpaired) electrons. The van der Waals surface area contributed by atoms with Gasteiger partial charge in [-0.25, -0.2) is 0 Å². The van der Waals surface area contributed by atoms with Gasteiger partial charge in [-0.3, -0.25) is 5.84 Å². The van der Waals surface area contributed by atoms with Crippen LogP contribution < -0.4 is 11.3 Å². The predicted molar refractivity (Wildman–Crippen MR) is 62.1 cm³/mol. The molecule has 0 saturated heterocycles. The van der Waals surface area contributed by atoms with Gasteiger partial charge in [0.1, 0.15) is 0 Å². The van der Waals surface area contributed by atoms with E-state index in [0.717, 1.165) is 12.1 Å². The first-order valence-electron chi connectivity index (χ1n) is 5.26. The van der Waals surface area contributed by atoms with Gasteiger partial charge in [-0.05, 0) is 29.9 Å². The lowest BCUT2D eigenvalue weighted by Crippen LogP contribution is -2.13. The van der Waals surface area contributed by atoms with Crippen molar-refractivity contribution < 1.29 is 0 Å². The molecule has 0 aliphatic heterocycles. The Morgan fingerprint density at radius 1 is 1.29 bits per heavy atom. The zero-order valence-corrected chi connectivity index (χ0v) is 9.25. The van der Waals surface area contributed by atoms with Crippen molar-refractivity contribution in [3.63, 3.8) is 0 Å². The van der Waals surface area contributed by atoms with Crippen LogP contribution in [0.5, 0.6) is 0 Å². The van der Waals surface area contributed by atoms with Crippen LogP contribution in [0.2, 0.25) is 0 Å². The van der Waals surface area contributed by atoms with Gasteiger partial charge >= 0.3 is 0 Å². The number of hydrazine groups is 1. The van der Waals surface area contributed by atoms with Gasteiger partial charge in [0.25, 0.3) is 0 Å². The van der Waals surface area contributed by atoms with Crippen molar-refractivity contribution in [3.05, 3.63) is 29.8 Å². The number of para-hydroxylation sites is 1. The lowest BCUT2D eigenvalue weighted by Gasteiger charge is -2.22. The first kappa shape index (κ1) is 11.1. The topological polar surface area (TPSA) is 38.0 Å². The van der Waals surface area contributed by atoms with Crippen molar-refractivity contribution in [2.45, 2.75) is 33.1 Å². The van der Waals surface area contributed by atoms with Gasteiger partial charge in [0, 0.05) is 0 Å². The van der Waals surface area contributed by atoms with Crippen LogP contribution in [0.4, 0.5) is 5.69 Å². The first-order valence-corrected chi connectivity index (χ1v) is 5.26. The number of nitrogens with two attached hydrogens (primary N) is 1. The SMILES string of the molecule is CCC(c1ccccc1NN)C(C)C. The van der Waals surface area contributed by atoms with E-state index < -0.39 is 0 Å². The Morgan fingerprint density at radius 2 is 1.93 bits per heavy atom. The maximum Gasteiger partial charge on any atom is 0.0519 e. The van der Waals surface area contributed by atoms with Crippen molar-refractivity contribution in [1.29, 1.82) is 0 Å². The molecule has 2 nitrogen and oxygen atoms in total. The second kappa shape index (κ2) is 5.01. The molecule has 0 aromatic heterocycles. The van der Waals surface area contributed by atoms with E-state index in [2.05, 4.69) is 38.3 Å². The number of hydrogen-bond acceptors (Lipinski definition) is 2. The predicted octanol–water partition coefficient (Wildman–Crippen LogP) is 3.12. The minimum atomic E-state index is 0.585. The number of hydrogen-bond donors (Lipinski definition) is 2. The summed E-state index contributed by atoms with van der Waals surface area (Å²) >= 11 is 0. The lowest BCUT2D eigenvalue weighted by molar-refractivity contribution is 0.486. The Balaban J connectivity index is 3.02. The standard InChI is InChI=1S/C12H20N2/c1-4-10(9(2)3)11-7-5-6-8-12(11)14-13/h5-10,14H,4,13H2,1-3H3. The highest BCUT2D eigenvalue weighted by Gasteiger charge is 2.16. The zero-order valence-electron chi connectivity index (χ0n) is 9.25. The number of nitrogen functional groups attached to an aromatic ring is 1. The minimum Gasteiger partial charge on any atom is -0.324 e. The normalized spacial score (nSPS) is 12.9. The minimum absolute atomic E-state index is 0.585. The molecule has 0 amide bonds. The van der Waals surface area contributed by atoms with Gasteiger partial charge in [0.05, 0.1) is 5.69 Å². The summed E-state index contributed by atoms with van der Waals surface area (Å²) in [6.07, 6.45) is 1.15. The van der Waals surface area contributed by atoms with Crippen LogP contribution in [-0.2, 0) is 0 Å². The third-order valence-corrected chi connectivity index (χ3v) is 2.76. The van der Waals surface area contributed by atoms with Crippen LogP contribution in [0.25, 0.3) is 0 Å². The molecule has 3 N–H and O–H groups in total. The van der Waals surface area contributed by atoms with Gasteiger partial charge in [-0.2, -0.15) is 0 Å². The van der Waals surface area contributed by atoms with Gasteiger partial charge in [0.2, 0.25) is 0 Å². The zero-order chi connectivity index (χ0) is 10.6. The molecule has 0 bridgehead atoms. The summed E-state index contributed by atoms with van der Waals surface area (Å²) < 4.78 is 0. The third-order valence-electron chi connectivity index (χ3n) is 2.76. The highest BCUT2D eigenvalue weighted by Crippen LogP contribution is 2.32. The molecule has 0 fully saturated rings. The van der Waals surface area contributed by atoms with Gasteiger partial charge < -0.3 is 5.43 Å². The van der Waals surface area contributed by atoms with Crippen LogP contribution in [-0.4, -0.2) is 0 Å². The molecule has 0 aliphatic carbocycles. The van der Waals surface area contributed by atoms with E-state index in [1.54, 1.807) is 0 Å². The fraction of sp³-hybridized carbons (Fsp3) is 0.500. The van der Waals surface area contributed by atoms with Gasteiger partial charge in [-0.1, -0.05) is 39.0 Å². The second-order valence-electron chi connectivity index (χ2n) is 3.99. The van der Waals surface area contributed by atoms with Crippen molar-refractivity contribution >= 4 is 5.69 Å². The summed E-state index contributed by atoms with van der Waals surface area (Å²) in [7, 11) is 0. The Hall–Kier alpha value is -1.02. The molecule has 0 saturated carbocycles. The molecule has 1 atom stereocenters. The fourth-order valence-electron chi connectivity index (χ4n) is 2.00. The van der Waals surface area contributed by atoms with E-state index >= 15 is 0 Å². The van der Waals surface area contributed by atoms with Crippen LogP contribution in [0.1, 0.15) is 38.7 Å². The largest absolute Gasteiger partial charge is 0.324 e. The maximum absolute atomic E-state index is 5.49. The number of anilines is 1. The smallest absolute Gasteiger partial charge is 0.0519 e. The Kier molecular flexibility index (Phi) is 3.96. The van der Waals surface area contributed by atoms with Crippen LogP contribution in [0.15, 0.2) is 24.3 Å². The summed E-state index contributed by atoms with van der Waals surface area (Å²) in [5.74, 6) is 6.73. The molecule has 0 spiro atoms. The molecule has 1 aromatic rings. The Labute approximate surface area is 86.5 Å². The van der Waals surface area contributed by atoms with Crippen LogP contribution in [0.3, 0.4) is 0 Å². The first-order chi connectivity index (χ1) is 6.70. The average Bonchev–Trinajstić information content (AvgIpc) is 2.19. The second-order valence-corrected chi connectivity index (χ2v) is 3.99. The van der Waals surface area contributed by atoms with E-state index in [4.69, 9.17) is 5.84 Å². The van der Waals surface area contributed by atoms with E-state index in [-0.39, 0.29) is 0 Å². The summed E-state index contributed by atoms with van der Waals surface area (Å²) in [5.41, 5.74) is 5.14. The highest BCUT2D eigenvalue weighted by atomic mass is 15.2. The lowest BCUT2D eigenvalue weighted by atomic mass is 9.85. The molecule has 0 aliphatic rings. The molecule has 1 unspecified atom stereocenters. The molecule has 1 aromatic carbocycles. The number of benzene rings is 1. The van der Waals surface area contributed by atoms with Gasteiger partial charge in [-0.15, -0.1) is 0 Å². The van der Waals surface area contributed by atoms with Crippen molar-refractivity contribution in [2.75, 3.05) is 5.43 Å². The summed E-state index contributed by atoms with van der Waals surface area (Å²) in [5, 5.41) is 0. The quantitative estimate of drug-likeness (QED) is 0.568. The summed E-state index contributed by atoms with van der Waals surface area (Å²) in [6.45, 7) is 6.72. The van der Waals surface area contributed by atoms with E-state index in [9.17, 15) is 0 Å². The van der Waals surface area contributed by atoms with E-state index in [1.807, 2.05) is 12.1 Å². The maximum atomic E-state index is 5.49. The van der Waals surface area contributed by atoms with Crippen molar-refractivity contribution in [3.8, 4) is 0 Å². The van der Waals surface area contributed by atoms with E-state index in [0.29, 0.717) is 11.8 Å². The average molecular weight is 192 g/mol. The summed E-state index contributed by atoms with van der Waals surface area (Å²) in [4.78, 5) is 0. The molecule has 0 heterocycles. The Bertz CT molecular complexity index is 281. The molecular formula is C12H20N2. The third kappa shape index (κ3) is 2.26. The van der Waals surface area contributed by atoms with Gasteiger partial charge in [0.15, 0.2) is 0 Å². The van der Waals surface area contributed by atoms with Crippen molar-refractivity contribution in [1.82, 2.24) is 0 Å². The van der Waals surface area contributed by atoms with E-state index in [1.165, 1.54) is 5.56 Å². The molecule has 78 valence electrons. The summed E-state index contributed by atoms with van der Waals surface area (Å²) in [6, 6.07) is 8.26. The molecule has 14 heavy (non-hydrogen) atoms. The highest BCUT2D eigenvalue weighted by molar-refractivity contribution is 5.51. The number of nitrogens with one attached hydrogen (secondary N) is 1. The number of rotatable bonds is 4. The fourth-order valence-corrected chi connectivity index (χ4v) is 2.00. The van der Waals surface area contributed by atoms with Crippen molar-refractivity contribution in [2.24, 2.45) is 11.8 Å². The monoisotopic (exact) mass is 192 g/mol. The van der Waals surface area contributed by atoms with Crippen LogP contribution in [0, 0.1) is 5.92 Å². The van der Waals surface area contributed by atoms with Crippen LogP contribution >= 0.6 is 0 Å². The molecule has 2 heteroatoms. The molecular weight excluding hydrogens is 172 g/mol. The molecule has 1 rings (SSSR count). The Morgan fingerprint density at radius 3 is 2.43 bits per heavy atom.